The SMILES string of the molecule is CCCCCCCCCCCCCCCCCCCCCCOC(=O)/C=C/c1ccc(OC)c(O)c1. The van der Waals surface area contributed by atoms with Crippen molar-refractivity contribution in [3.63, 3.8) is 0 Å². The largest absolute Gasteiger partial charge is 0.504 e. The van der Waals surface area contributed by atoms with Crippen LogP contribution in [0.5, 0.6) is 11.5 Å². The first kappa shape index (κ1) is 32.1. The molecule has 0 unspecified atom stereocenters. The molecule has 36 heavy (non-hydrogen) atoms. The lowest BCUT2D eigenvalue weighted by atomic mass is 10.0. The van der Waals surface area contributed by atoms with Crippen LogP contribution in [0, 0.1) is 0 Å². The lowest BCUT2D eigenvalue weighted by Crippen LogP contribution is -2.02. The number of hydrogen-bond acceptors (Lipinski definition) is 4. The van der Waals surface area contributed by atoms with E-state index in [1.54, 1.807) is 24.3 Å². The van der Waals surface area contributed by atoms with Crippen LogP contribution in [-0.4, -0.2) is 24.8 Å². The van der Waals surface area contributed by atoms with E-state index in [0.717, 1.165) is 18.4 Å². The van der Waals surface area contributed by atoms with Gasteiger partial charge in [0.25, 0.3) is 0 Å². The van der Waals surface area contributed by atoms with Gasteiger partial charge in [0.1, 0.15) is 0 Å². The summed E-state index contributed by atoms with van der Waals surface area (Å²) >= 11 is 0. The molecule has 1 N–H and O–H groups in total. The monoisotopic (exact) mass is 502 g/mol. The molecule has 0 aromatic heterocycles. The maximum Gasteiger partial charge on any atom is 0.330 e. The Hall–Kier alpha value is -1.97. The van der Waals surface area contributed by atoms with Crippen LogP contribution in [0.2, 0.25) is 0 Å². The number of ether oxygens (including phenoxy) is 2. The first-order valence-corrected chi connectivity index (χ1v) is 14.9. The number of aromatic hydroxyl groups is 1. The number of carbonyl (C=O) groups excluding carboxylic acids is 1. The zero-order chi connectivity index (χ0) is 26.1. The van der Waals surface area contributed by atoms with E-state index in [0.29, 0.717) is 12.4 Å². The van der Waals surface area contributed by atoms with Crippen molar-refractivity contribution in [2.24, 2.45) is 0 Å². The second kappa shape index (κ2) is 23.4. The molecule has 0 saturated heterocycles. The van der Waals surface area contributed by atoms with Gasteiger partial charge in [-0.1, -0.05) is 135 Å². The van der Waals surface area contributed by atoms with E-state index in [1.165, 1.54) is 129 Å². The number of phenolic OH excluding ortho intramolecular Hbond substituents is 1. The second-order valence-corrected chi connectivity index (χ2v) is 10.1. The van der Waals surface area contributed by atoms with Crippen molar-refractivity contribution >= 4 is 12.0 Å². The van der Waals surface area contributed by atoms with Crippen LogP contribution in [0.1, 0.15) is 141 Å². The van der Waals surface area contributed by atoms with E-state index in [1.807, 2.05) is 0 Å². The summed E-state index contributed by atoms with van der Waals surface area (Å²) in [4.78, 5) is 11.8. The molecule has 206 valence electrons. The Morgan fingerprint density at radius 2 is 1.17 bits per heavy atom. The van der Waals surface area contributed by atoms with E-state index in [2.05, 4.69) is 6.92 Å². The van der Waals surface area contributed by atoms with Crippen LogP contribution < -0.4 is 4.74 Å². The molecule has 0 aliphatic rings. The summed E-state index contributed by atoms with van der Waals surface area (Å²) in [5, 5.41) is 9.77. The Labute approximate surface area is 221 Å². The lowest BCUT2D eigenvalue weighted by Gasteiger charge is -2.05. The van der Waals surface area contributed by atoms with Gasteiger partial charge in [0.05, 0.1) is 13.7 Å². The quantitative estimate of drug-likeness (QED) is 0.0868. The highest BCUT2D eigenvalue weighted by Gasteiger charge is 2.02. The van der Waals surface area contributed by atoms with Crippen molar-refractivity contribution in [2.45, 2.75) is 135 Å². The molecular weight excluding hydrogens is 448 g/mol. The van der Waals surface area contributed by atoms with Gasteiger partial charge in [-0.25, -0.2) is 4.79 Å². The van der Waals surface area contributed by atoms with Gasteiger partial charge < -0.3 is 14.6 Å². The fourth-order valence-corrected chi connectivity index (χ4v) is 4.55. The fourth-order valence-electron chi connectivity index (χ4n) is 4.55. The van der Waals surface area contributed by atoms with Gasteiger partial charge in [-0.3, -0.25) is 0 Å². The predicted molar refractivity (Wildman–Crippen MR) is 153 cm³/mol. The summed E-state index contributed by atoms with van der Waals surface area (Å²) in [6.07, 6.45) is 30.2. The standard InChI is InChI=1S/C32H54O4/c1-3-4-5-6-7-8-9-10-11-12-13-14-15-16-17-18-19-20-21-22-27-36-32(34)26-24-29-23-25-31(35-2)30(33)28-29/h23-26,28,33H,3-22,27H2,1-2H3/b26-24+. The normalized spacial score (nSPS) is 11.3. The molecule has 1 aromatic carbocycles. The molecule has 0 aliphatic heterocycles. The Morgan fingerprint density at radius 3 is 1.58 bits per heavy atom. The number of rotatable bonds is 24. The van der Waals surface area contributed by atoms with Crippen molar-refractivity contribution in [3.05, 3.63) is 29.8 Å². The Bertz CT molecular complexity index is 683. The number of methoxy groups -OCH3 is 1. The molecule has 4 heteroatoms. The van der Waals surface area contributed by atoms with Gasteiger partial charge >= 0.3 is 5.97 Å². The molecule has 0 amide bonds. The first-order chi connectivity index (χ1) is 17.7. The van der Waals surface area contributed by atoms with E-state index < -0.39 is 0 Å². The van der Waals surface area contributed by atoms with Crippen LogP contribution in [0.25, 0.3) is 6.08 Å². The molecule has 0 atom stereocenters. The molecule has 0 aliphatic carbocycles. The van der Waals surface area contributed by atoms with Gasteiger partial charge in [-0.05, 0) is 30.2 Å². The van der Waals surface area contributed by atoms with Crippen LogP contribution in [0.3, 0.4) is 0 Å². The van der Waals surface area contributed by atoms with E-state index >= 15 is 0 Å². The zero-order valence-electron chi connectivity index (χ0n) is 23.4. The maximum absolute atomic E-state index is 11.8. The topological polar surface area (TPSA) is 55.8 Å². The number of carbonyl (C=O) groups is 1. The Morgan fingerprint density at radius 1 is 0.722 bits per heavy atom. The minimum absolute atomic E-state index is 0.0531. The number of benzene rings is 1. The van der Waals surface area contributed by atoms with Crippen molar-refractivity contribution in [1.82, 2.24) is 0 Å². The Kier molecular flexibility index (Phi) is 20.9. The third kappa shape index (κ3) is 18.3. The third-order valence-corrected chi connectivity index (χ3v) is 6.86. The number of esters is 1. The maximum atomic E-state index is 11.8. The number of hydrogen-bond donors (Lipinski definition) is 1. The molecule has 4 nitrogen and oxygen atoms in total. The highest BCUT2D eigenvalue weighted by molar-refractivity contribution is 5.87. The summed E-state index contributed by atoms with van der Waals surface area (Å²) in [5.41, 5.74) is 0.726. The highest BCUT2D eigenvalue weighted by atomic mass is 16.5. The van der Waals surface area contributed by atoms with Crippen LogP contribution in [0.15, 0.2) is 24.3 Å². The minimum Gasteiger partial charge on any atom is -0.504 e. The van der Waals surface area contributed by atoms with E-state index in [4.69, 9.17) is 9.47 Å². The Balaban J connectivity index is 1.81. The van der Waals surface area contributed by atoms with Crippen LogP contribution in [-0.2, 0) is 9.53 Å². The molecule has 0 fully saturated rings. The van der Waals surface area contributed by atoms with Crippen molar-refractivity contribution in [2.75, 3.05) is 13.7 Å². The van der Waals surface area contributed by atoms with Crippen molar-refractivity contribution in [3.8, 4) is 11.5 Å². The van der Waals surface area contributed by atoms with E-state index in [9.17, 15) is 9.90 Å². The van der Waals surface area contributed by atoms with E-state index in [-0.39, 0.29) is 11.7 Å². The van der Waals surface area contributed by atoms with Gasteiger partial charge in [-0.15, -0.1) is 0 Å². The average Bonchev–Trinajstić information content (AvgIpc) is 2.88. The number of unbranched alkanes of at least 4 members (excludes halogenated alkanes) is 19. The molecule has 0 bridgehead atoms. The highest BCUT2D eigenvalue weighted by Crippen LogP contribution is 2.26. The van der Waals surface area contributed by atoms with Crippen LogP contribution in [0.4, 0.5) is 0 Å². The summed E-state index contributed by atoms with van der Waals surface area (Å²) in [7, 11) is 1.50. The summed E-state index contributed by atoms with van der Waals surface area (Å²) in [6.45, 7) is 2.75. The first-order valence-electron chi connectivity index (χ1n) is 14.9. The fraction of sp³-hybridized carbons (Fsp3) is 0.719. The minimum atomic E-state index is -0.344. The smallest absolute Gasteiger partial charge is 0.330 e. The molecule has 0 spiro atoms. The molecule has 0 heterocycles. The number of phenols is 1. The summed E-state index contributed by atoms with van der Waals surface area (Å²) < 4.78 is 10.3. The molecular formula is C32H54O4. The zero-order valence-corrected chi connectivity index (χ0v) is 23.4. The molecule has 1 rings (SSSR count). The van der Waals surface area contributed by atoms with Crippen molar-refractivity contribution in [1.29, 1.82) is 0 Å². The van der Waals surface area contributed by atoms with Gasteiger partial charge in [0.15, 0.2) is 11.5 Å². The summed E-state index contributed by atoms with van der Waals surface area (Å²) in [5.74, 6) is 0.120. The predicted octanol–water partition coefficient (Wildman–Crippen LogP) is 9.78. The third-order valence-electron chi connectivity index (χ3n) is 6.86. The van der Waals surface area contributed by atoms with Gasteiger partial charge in [0, 0.05) is 6.08 Å². The van der Waals surface area contributed by atoms with Crippen molar-refractivity contribution < 1.29 is 19.4 Å². The van der Waals surface area contributed by atoms with Crippen LogP contribution >= 0.6 is 0 Å². The van der Waals surface area contributed by atoms with Gasteiger partial charge in [0.2, 0.25) is 0 Å². The lowest BCUT2D eigenvalue weighted by molar-refractivity contribution is -0.137. The average molecular weight is 503 g/mol. The molecule has 1 aromatic rings. The van der Waals surface area contributed by atoms with Gasteiger partial charge in [-0.2, -0.15) is 0 Å². The molecule has 0 radical (unpaired) electrons. The second-order valence-electron chi connectivity index (χ2n) is 10.1. The summed E-state index contributed by atoms with van der Waals surface area (Å²) in [6, 6.07) is 5.00. The molecule has 0 saturated carbocycles.